The van der Waals surface area contributed by atoms with E-state index in [1.54, 1.807) is 37.6 Å². The molecule has 0 amide bonds. The highest BCUT2D eigenvalue weighted by Gasteiger charge is 2.08. The predicted octanol–water partition coefficient (Wildman–Crippen LogP) is 2.66. The third-order valence-corrected chi connectivity index (χ3v) is 2.98. The van der Waals surface area contributed by atoms with Gasteiger partial charge in [0, 0.05) is 19.2 Å². The van der Waals surface area contributed by atoms with Crippen LogP contribution in [-0.4, -0.2) is 21.0 Å². The summed E-state index contributed by atoms with van der Waals surface area (Å²) in [6.07, 6.45) is 3.33. The van der Waals surface area contributed by atoms with E-state index < -0.39 is 11.6 Å². The van der Waals surface area contributed by atoms with Gasteiger partial charge >= 0.3 is 0 Å². The van der Waals surface area contributed by atoms with Crippen LogP contribution in [0.25, 0.3) is 11.0 Å². The van der Waals surface area contributed by atoms with E-state index in [2.05, 4.69) is 15.2 Å². The maximum atomic E-state index is 13.2. The van der Waals surface area contributed by atoms with Gasteiger partial charge in [-0.25, -0.2) is 8.78 Å². The van der Waals surface area contributed by atoms with Gasteiger partial charge in [-0.3, -0.25) is 5.41 Å². The van der Waals surface area contributed by atoms with Crippen LogP contribution in [-0.2, 0) is 7.05 Å². The van der Waals surface area contributed by atoms with Gasteiger partial charge in [0.05, 0.1) is 22.5 Å². The number of allylic oxidation sites excluding steroid dienone is 2. The van der Waals surface area contributed by atoms with E-state index in [4.69, 9.17) is 5.41 Å². The summed E-state index contributed by atoms with van der Waals surface area (Å²) in [6, 6.07) is 2.17. The van der Waals surface area contributed by atoms with Crippen LogP contribution in [0, 0.1) is 17.0 Å². The van der Waals surface area contributed by atoms with Gasteiger partial charge in [0.1, 0.15) is 0 Å². The van der Waals surface area contributed by atoms with Crippen molar-refractivity contribution in [2.45, 2.75) is 13.8 Å². The van der Waals surface area contributed by atoms with Gasteiger partial charge in [0.25, 0.3) is 0 Å². The van der Waals surface area contributed by atoms with Gasteiger partial charge in [-0.15, -0.1) is 5.10 Å². The Morgan fingerprint density at radius 3 is 2.67 bits per heavy atom. The van der Waals surface area contributed by atoms with E-state index in [9.17, 15) is 8.78 Å². The first-order valence-electron chi connectivity index (χ1n) is 6.27. The Kier molecular flexibility index (Phi) is 4.11. The molecule has 1 aromatic heterocycles. The molecule has 1 aromatic carbocycles. The molecule has 0 saturated carbocycles. The Hall–Kier alpha value is -2.57. The highest BCUT2D eigenvalue weighted by molar-refractivity contribution is 6.44. The second-order valence-corrected chi connectivity index (χ2v) is 4.49. The lowest BCUT2D eigenvalue weighted by Gasteiger charge is -1.96. The van der Waals surface area contributed by atoms with Crippen molar-refractivity contribution in [3.05, 3.63) is 41.5 Å². The molecule has 7 heteroatoms. The van der Waals surface area contributed by atoms with Gasteiger partial charge in [-0.05, 0) is 19.9 Å². The molecule has 0 aliphatic carbocycles. The number of H-pyrrole nitrogens is 1. The minimum absolute atomic E-state index is 0.247. The van der Waals surface area contributed by atoms with Crippen LogP contribution >= 0.6 is 0 Å². The van der Waals surface area contributed by atoms with E-state index in [1.165, 1.54) is 0 Å². The Labute approximate surface area is 119 Å². The van der Waals surface area contributed by atoms with Gasteiger partial charge in [0.2, 0.25) is 5.62 Å². The highest BCUT2D eigenvalue weighted by atomic mass is 19.2. The molecule has 0 radical (unpaired) electrons. The summed E-state index contributed by atoms with van der Waals surface area (Å²) >= 11 is 0. The number of hydrogen-bond donors (Lipinski definition) is 2. The maximum Gasteiger partial charge on any atom is 0.227 e. The summed E-state index contributed by atoms with van der Waals surface area (Å²) in [4.78, 5) is 2.85. The minimum Gasteiger partial charge on any atom is -0.322 e. The zero-order valence-corrected chi connectivity index (χ0v) is 11.9. The molecule has 110 valence electrons. The van der Waals surface area contributed by atoms with E-state index in [-0.39, 0.29) is 5.71 Å². The first-order chi connectivity index (χ1) is 9.93. The predicted molar refractivity (Wildman–Crippen MR) is 78.4 cm³/mol. The van der Waals surface area contributed by atoms with Crippen molar-refractivity contribution in [1.29, 1.82) is 5.41 Å². The van der Waals surface area contributed by atoms with Crippen LogP contribution in [0.3, 0.4) is 0 Å². The monoisotopic (exact) mass is 291 g/mol. The molecule has 0 aliphatic rings. The molecular formula is C14H15F2N5. The van der Waals surface area contributed by atoms with Crippen LogP contribution in [0.5, 0.6) is 0 Å². The van der Waals surface area contributed by atoms with E-state index in [1.807, 2.05) is 0 Å². The summed E-state index contributed by atoms with van der Waals surface area (Å²) in [5.41, 5.74) is 1.92. The molecule has 0 fully saturated rings. The Balaban J connectivity index is 2.52. The van der Waals surface area contributed by atoms with Crippen LogP contribution in [0.1, 0.15) is 13.8 Å². The lowest BCUT2D eigenvalue weighted by Crippen LogP contribution is -2.15. The molecule has 0 bridgehead atoms. The summed E-state index contributed by atoms with van der Waals surface area (Å²) in [7, 11) is 1.66. The standard InChI is InChI=1S/C14H15F2N5/c1-4-5-11(17)8(2)19-20-14-18-12-6-9(15)10(16)7-13(12)21(14)3/h4-7,17H,1-3H3,(H,18,20)/b5-4-,17-11?,19-8+. The first-order valence-corrected chi connectivity index (χ1v) is 6.27. The van der Waals surface area contributed by atoms with Crippen molar-refractivity contribution < 1.29 is 8.78 Å². The number of aromatic nitrogens is 2. The summed E-state index contributed by atoms with van der Waals surface area (Å²) in [5, 5.41) is 15.6. The Morgan fingerprint density at radius 1 is 1.33 bits per heavy atom. The zero-order valence-electron chi connectivity index (χ0n) is 11.9. The molecule has 2 aromatic rings. The number of hydrogen-bond acceptors (Lipinski definition) is 3. The van der Waals surface area contributed by atoms with Crippen molar-refractivity contribution in [1.82, 2.24) is 9.55 Å². The molecule has 2 N–H and O–H groups in total. The molecule has 0 unspecified atom stereocenters. The maximum absolute atomic E-state index is 13.2. The average Bonchev–Trinajstić information content (AvgIpc) is 2.73. The van der Waals surface area contributed by atoms with Crippen LogP contribution in [0.4, 0.5) is 8.78 Å². The average molecular weight is 291 g/mol. The number of nitrogens with one attached hydrogen (secondary N) is 2. The second-order valence-electron chi connectivity index (χ2n) is 4.49. The molecular weight excluding hydrogens is 276 g/mol. The first kappa shape index (κ1) is 14.8. The fourth-order valence-electron chi connectivity index (χ4n) is 1.79. The van der Waals surface area contributed by atoms with E-state index >= 15 is 0 Å². The Morgan fingerprint density at radius 2 is 2.00 bits per heavy atom. The summed E-state index contributed by atoms with van der Waals surface area (Å²) in [6.45, 7) is 3.47. The van der Waals surface area contributed by atoms with Crippen molar-refractivity contribution in [3.63, 3.8) is 0 Å². The summed E-state index contributed by atoms with van der Waals surface area (Å²) in [5.74, 6) is -1.84. The number of aromatic amines is 1. The SMILES string of the molecule is C/C=C\C(=N)/C(C)=N/N=c1\[nH]c2cc(F)c(F)cc2n1C. The van der Waals surface area contributed by atoms with Crippen LogP contribution < -0.4 is 5.62 Å². The van der Waals surface area contributed by atoms with E-state index in [0.29, 0.717) is 22.4 Å². The lowest BCUT2D eigenvalue weighted by atomic mass is 10.2. The number of benzene rings is 1. The molecule has 21 heavy (non-hydrogen) atoms. The highest BCUT2D eigenvalue weighted by Crippen LogP contribution is 2.14. The molecule has 5 nitrogen and oxygen atoms in total. The van der Waals surface area contributed by atoms with Crippen LogP contribution in [0.2, 0.25) is 0 Å². The smallest absolute Gasteiger partial charge is 0.227 e. The number of fused-ring (bicyclic) bond motifs is 1. The topological polar surface area (TPSA) is 69.3 Å². The number of aryl methyl sites for hydroxylation is 1. The van der Waals surface area contributed by atoms with Gasteiger partial charge in [-0.1, -0.05) is 6.08 Å². The third kappa shape index (κ3) is 2.96. The molecule has 0 atom stereocenters. The van der Waals surface area contributed by atoms with Gasteiger partial charge < -0.3 is 9.55 Å². The minimum atomic E-state index is -0.926. The zero-order chi connectivity index (χ0) is 15.6. The molecule has 2 rings (SSSR count). The quantitative estimate of drug-likeness (QED) is 0.645. The third-order valence-electron chi connectivity index (χ3n) is 2.98. The molecule has 0 spiro atoms. The number of rotatable bonds is 3. The second kappa shape index (κ2) is 5.82. The van der Waals surface area contributed by atoms with Crippen LogP contribution in [0.15, 0.2) is 34.5 Å². The summed E-state index contributed by atoms with van der Waals surface area (Å²) < 4.78 is 28.0. The van der Waals surface area contributed by atoms with Crippen molar-refractivity contribution in [2.24, 2.45) is 17.3 Å². The largest absolute Gasteiger partial charge is 0.322 e. The molecule has 0 aliphatic heterocycles. The number of halogens is 2. The lowest BCUT2D eigenvalue weighted by molar-refractivity contribution is 0.510. The fourth-order valence-corrected chi connectivity index (χ4v) is 1.79. The van der Waals surface area contributed by atoms with Crippen molar-refractivity contribution >= 4 is 22.5 Å². The Bertz CT molecular complexity index is 824. The van der Waals surface area contributed by atoms with Crippen molar-refractivity contribution in [2.75, 3.05) is 0 Å². The molecule has 1 heterocycles. The van der Waals surface area contributed by atoms with Gasteiger partial charge in [-0.2, -0.15) is 5.10 Å². The normalized spacial score (nSPS) is 13.6. The number of imidazole rings is 1. The van der Waals surface area contributed by atoms with E-state index in [0.717, 1.165) is 12.1 Å². The fraction of sp³-hybridized carbons (Fsp3) is 0.214. The molecule has 0 saturated heterocycles. The van der Waals surface area contributed by atoms with Gasteiger partial charge in [0.15, 0.2) is 11.6 Å². The number of nitrogens with zero attached hydrogens (tertiary/aromatic N) is 3. The van der Waals surface area contributed by atoms with Crippen molar-refractivity contribution in [3.8, 4) is 0 Å².